The van der Waals surface area contributed by atoms with Crippen LogP contribution >= 0.6 is 0 Å². The molecule has 1 aromatic carbocycles. The van der Waals surface area contributed by atoms with Crippen LogP contribution in [0.5, 0.6) is 5.75 Å². The highest BCUT2D eigenvalue weighted by Gasteiger charge is 2.20. The minimum Gasteiger partial charge on any atom is -0.489 e. The number of nitrogens with one attached hydrogen (secondary N) is 1. The van der Waals surface area contributed by atoms with Gasteiger partial charge >= 0.3 is 0 Å². The quantitative estimate of drug-likeness (QED) is 0.803. The summed E-state index contributed by atoms with van der Waals surface area (Å²) in [6.07, 6.45) is 2.93. The fraction of sp³-hybridized carbons (Fsp3) is 0.154. The van der Waals surface area contributed by atoms with E-state index in [1.807, 2.05) is 12.1 Å². The Balaban J connectivity index is 2.06. The van der Waals surface area contributed by atoms with E-state index in [1.165, 1.54) is 12.5 Å². The lowest BCUT2D eigenvalue weighted by Gasteiger charge is -2.21. The van der Waals surface area contributed by atoms with Crippen molar-refractivity contribution in [2.45, 2.75) is 0 Å². The molecule has 0 bridgehead atoms. The molecule has 17 heavy (non-hydrogen) atoms. The first-order valence-corrected chi connectivity index (χ1v) is 5.43. The zero-order valence-corrected chi connectivity index (χ0v) is 9.10. The molecule has 4 heteroatoms. The van der Waals surface area contributed by atoms with Crippen molar-refractivity contribution in [2.24, 2.45) is 0 Å². The first-order valence-electron chi connectivity index (χ1n) is 5.43. The molecule has 1 aromatic heterocycles. The third kappa shape index (κ3) is 1.67. The Morgan fingerprint density at radius 1 is 1.29 bits per heavy atom. The zero-order chi connectivity index (χ0) is 11.7. The SMILES string of the molecule is O=C(c1ccoc1)c1cccc2c1OCCN2. The average molecular weight is 229 g/mol. The molecule has 0 saturated heterocycles. The highest BCUT2D eigenvalue weighted by molar-refractivity contribution is 6.11. The number of ether oxygens (including phenoxy) is 1. The van der Waals surface area contributed by atoms with Gasteiger partial charge in [-0.05, 0) is 18.2 Å². The number of ketones is 1. The molecular formula is C13H11NO3. The van der Waals surface area contributed by atoms with Gasteiger partial charge < -0.3 is 14.5 Å². The van der Waals surface area contributed by atoms with E-state index < -0.39 is 0 Å². The van der Waals surface area contributed by atoms with Gasteiger partial charge in [-0.1, -0.05) is 6.07 Å². The number of benzene rings is 1. The van der Waals surface area contributed by atoms with Gasteiger partial charge in [0.1, 0.15) is 12.9 Å². The fourth-order valence-corrected chi connectivity index (χ4v) is 1.90. The lowest BCUT2D eigenvalue weighted by molar-refractivity contribution is 0.103. The molecule has 2 heterocycles. The molecule has 0 amide bonds. The summed E-state index contributed by atoms with van der Waals surface area (Å²) in [5.41, 5.74) is 1.97. The van der Waals surface area contributed by atoms with Crippen LogP contribution in [0.1, 0.15) is 15.9 Å². The molecule has 2 aromatic rings. The van der Waals surface area contributed by atoms with Crippen LogP contribution in [-0.4, -0.2) is 18.9 Å². The maximum absolute atomic E-state index is 12.2. The van der Waals surface area contributed by atoms with Crippen molar-refractivity contribution in [3.05, 3.63) is 47.9 Å². The zero-order valence-electron chi connectivity index (χ0n) is 9.10. The Kier molecular flexibility index (Phi) is 2.33. The molecule has 1 aliphatic heterocycles. The number of fused-ring (bicyclic) bond motifs is 1. The number of para-hydroxylation sites is 1. The highest BCUT2D eigenvalue weighted by Crippen LogP contribution is 2.32. The molecule has 3 rings (SSSR count). The first kappa shape index (κ1) is 9.96. The second-order valence-corrected chi connectivity index (χ2v) is 3.80. The summed E-state index contributed by atoms with van der Waals surface area (Å²) in [5, 5.41) is 3.20. The Labute approximate surface area is 98.2 Å². The molecular weight excluding hydrogens is 218 g/mol. The van der Waals surface area contributed by atoms with Gasteiger partial charge in [-0.2, -0.15) is 0 Å². The van der Waals surface area contributed by atoms with E-state index in [1.54, 1.807) is 12.1 Å². The van der Waals surface area contributed by atoms with Crippen molar-refractivity contribution in [1.82, 2.24) is 0 Å². The van der Waals surface area contributed by atoms with Gasteiger partial charge in [-0.3, -0.25) is 4.79 Å². The molecule has 1 N–H and O–H groups in total. The number of hydrogen-bond acceptors (Lipinski definition) is 4. The molecule has 1 aliphatic rings. The van der Waals surface area contributed by atoms with Crippen LogP contribution < -0.4 is 10.1 Å². The van der Waals surface area contributed by atoms with Gasteiger partial charge in [0.2, 0.25) is 0 Å². The molecule has 0 atom stereocenters. The molecule has 86 valence electrons. The summed E-state index contributed by atoms with van der Waals surface area (Å²) in [7, 11) is 0. The minimum absolute atomic E-state index is 0.0840. The van der Waals surface area contributed by atoms with Crippen LogP contribution in [0.25, 0.3) is 0 Å². The monoisotopic (exact) mass is 229 g/mol. The highest BCUT2D eigenvalue weighted by atomic mass is 16.5. The second-order valence-electron chi connectivity index (χ2n) is 3.80. The maximum Gasteiger partial charge on any atom is 0.200 e. The molecule has 0 unspecified atom stereocenters. The van der Waals surface area contributed by atoms with E-state index in [-0.39, 0.29) is 5.78 Å². The van der Waals surface area contributed by atoms with E-state index in [9.17, 15) is 4.79 Å². The van der Waals surface area contributed by atoms with Crippen LogP contribution in [0.2, 0.25) is 0 Å². The lowest BCUT2D eigenvalue weighted by Crippen LogP contribution is -2.20. The van der Waals surface area contributed by atoms with E-state index in [4.69, 9.17) is 9.15 Å². The molecule has 0 radical (unpaired) electrons. The van der Waals surface area contributed by atoms with Crippen LogP contribution in [0.4, 0.5) is 5.69 Å². The second kappa shape index (κ2) is 3.97. The molecule has 0 saturated carbocycles. The van der Waals surface area contributed by atoms with Crippen molar-refractivity contribution in [2.75, 3.05) is 18.5 Å². The van der Waals surface area contributed by atoms with E-state index >= 15 is 0 Å². The van der Waals surface area contributed by atoms with Gasteiger partial charge in [0.25, 0.3) is 0 Å². The Morgan fingerprint density at radius 3 is 3.06 bits per heavy atom. The fourth-order valence-electron chi connectivity index (χ4n) is 1.90. The van der Waals surface area contributed by atoms with Gasteiger partial charge in [0, 0.05) is 6.54 Å². The van der Waals surface area contributed by atoms with Crippen molar-refractivity contribution >= 4 is 11.5 Å². The normalized spacial score (nSPS) is 13.4. The van der Waals surface area contributed by atoms with E-state index in [0.29, 0.717) is 23.5 Å². The summed E-state index contributed by atoms with van der Waals surface area (Å²) in [5.74, 6) is 0.546. The van der Waals surface area contributed by atoms with Gasteiger partial charge in [0.15, 0.2) is 11.5 Å². The van der Waals surface area contributed by atoms with Crippen LogP contribution in [-0.2, 0) is 0 Å². The molecule has 0 aliphatic carbocycles. The Hall–Kier alpha value is -2.23. The number of anilines is 1. The van der Waals surface area contributed by atoms with Gasteiger partial charge in [0.05, 0.1) is 23.1 Å². The number of carbonyl (C=O) groups excluding carboxylic acids is 1. The third-order valence-electron chi connectivity index (χ3n) is 2.71. The van der Waals surface area contributed by atoms with E-state index in [0.717, 1.165) is 12.2 Å². The van der Waals surface area contributed by atoms with Crippen molar-refractivity contribution in [3.63, 3.8) is 0 Å². The molecule has 0 fully saturated rings. The minimum atomic E-state index is -0.0840. The summed E-state index contributed by atoms with van der Waals surface area (Å²) in [6, 6.07) is 7.16. The van der Waals surface area contributed by atoms with Gasteiger partial charge in [-0.25, -0.2) is 0 Å². The smallest absolute Gasteiger partial charge is 0.200 e. The number of carbonyl (C=O) groups is 1. The molecule has 0 spiro atoms. The van der Waals surface area contributed by atoms with Gasteiger partial charge in [-0.15, -0.1) is 0 Å². The maximum atomic E-state index is 12.2. The van der Waals surface area contributed by atoms with Crippen molar-refractivity contribution < 1.29 is 13.9 Å². The lowest BCUT2D eigenvalue weighted by atomic mass is 10.0. The van der Waals surface area contributed by atoms with Crippen LogP contribution in [0, 0.1) is 0 Å². The summed E-state index contributed by atoms with van der Waals surface area (Å²) < 4.78 is 10.5. The Bertz CT molecular complexity index is 546. The third-order valence-corrected chi connectivity index (χ3v) is 2.71. The standard InChI is InChI=1S/C13H11NO3/c15-12(9-4-6-16-8-9)10-2-1-3-11-13(10)17-7-5-14-11/h1-4,6,8,14H,5,7H2. The predicted molar refractivity (Wildman–Crippen MR) is 62.6 cm³/mol. The topological polar surface area (TPSA) is 51.5 Å². The van der Waals surface area contributed by atoms with Crippen LogP contribution in [0.3, 0.4) is 0 Å². The summed E-state index contributed by atoms with van der Waals surface area (Å²) in [6.45, 7) is 1.33. The largest absolute Gasteiger partial charge is 0.489 e. The van der Waals surface area contributed by atoms with E-state index in [2.05, 4.69) is 5.32 Å². The average Bonchev–Trinajstić information content (AvgIpc) is 2.91. The first-order chi connectivity index (χ1) is 8.36. The number of hydrogen-bond donors (Lipinski definition) is 1. The Morgan fingerprint density at radius 2 is 2.24 bits per heavy atom. The number of furan rings is 1. The molecule has 4 nitrogen and oxygen atoms in total. The van der Waals surface area contributed by atoms with Crippen molar-refractivity contribution in [1.29, 1.82) is 0 Å². The predicted octanol–water partition coefficient (Wildman–Crippen LogP) is 2.31. The van der Waals surface area contributed by atoms with Crippen molar-refractivity contribution in [3.8, 4) is 5.75 Å². The van der Waals surface area contributed by atoms with Crippen LogP contribution in [0.15, 0.2) is 41.2 Å². The number of rotatable bonds is 2. The summed E-state index contributed by atoms with van der Waals surface area (Å²) >= 11 is 0. The summed E-state index contributed by atoms with van der Waals surface area (Å²) in [4.78, 5) is 12.2.